The first-order valence-corrected chi connectivity index (χ1v) is 7.04. The maximum Gasteiger partial charge on any atom is 0.317 e. The number of amides is 2. The number of para-hydroxylation sites is 1. The van der Waals surface area contributed by atoms with Crippen LogP contribution in [-0.4, -0.2) is 47.3 Å². The Morgan fingerprint density at radius 2 is 2.09 bits per heavy atom. The van der Waals surface area contributed by atoms with Crippen LogP contribution in [0, 0.1) is 6.92 Å². The number of methoxy groups -OCH3 is 1. The summed E-state index contributed by atoms with van der Waals surface area (Å²) in [5.74, 6) is 0.715. The highest BCUT2D eigenvalue weighted by Crippen LogP contribution is 2.28. The number of ether oxygens (including phenoxy) is 2. The van der Waals surface area contributed by atoms with Crippen molar-refractivity contribution < 1.29 is 19.4 Å². The van der Waals surface area contributed by atoms with Gasteiger partial charge in [-0.15, -0.1) is 5.10 Å². The number of primary amides is 1. The van der Waals surface area contributed by atoms with E-state index in [0.717, 1.165) is 5.69 Å². The molecule has 0 unspecified atom stereocenters. The third kappa shape index (κ3) is 4.21. The first-order chi connectivity index (χ1) is 11.0. The van der Waals surface area contributed by atoms with Gasteiger partial charge >= 0.3 is 6.03 Å². The van der Waals surface area contributed by atoms with Gasteiger partial charge in [-0.3, -0.25) is 5.32 Å². The van der Waals surface area contributed by atoms with E-state index in [4.69, 9.17) is 15.2 Å². The number of rotatable bonds is 7. The molecule has 8 nitrogen and oxygen atoms in total. The predicted molar refractivity (Wildman–Crippen MR) is 84.9 cm³/mol. The second-order valence-electron chi connectivity index (χ2n) is 4.94. The molecule has 0 radical (unpaired) electrons. The largest absolute Gasteiger partial charge is 0.474 e. The lowest BCUT2D eigenvalue weighted by Gasteiger charge is -2.09. The first kappa shape index (κ1) is 16.8. The Bertz CT molecular complexity index is 657. The number of hydrogen-bond donors (Lipinski definition) is 3. The van der Waals surface area contributed by atoms with Crippen molar-refractivity contribution in [1.82, 2.24) is 9.78 Å². The van der Waals surface area contributed by atoms with Crippen molar-refractivity contribution in [2.75, 3.05) is 25.6 Å². The molecule has 0 aliphatic rings. The summed E-state index contributed by atoms with van der Waals surface area (Å²) in [6.45, 7) is 1.93. The minimum absolute atomic E-state index is 0.0243. The molecule has 1 atom stereocenters. The number of aromatic nitrogens is 2. The van der Waals surface area contributed by atoms with Crippen LogP contribution in [0.15, 0.2) is 30.3 Å². The summed E-state index contributed by atoms with van der Waals surface area (Å²) in [4.78, 5) is 11.2. The van der Waals surface area contributed by atoms with Gasteiger partial charge in [0.2, 0.25) is 5.88 Å². The van der Waals surface area contributed by atoms with E-state index in [1.165, 1.54) is 11.8 Å². The lowest BCUT2D eigenvalue weighted by Crippen LogP contribution is -2.23. The Kier molecular flexibility index (Phi) is 5.56. The molecule has 0 fully saturated rings. The highest BCUT2D eigenvalue weighted by molar-refractivity contribution is 5.88. The molecule has 1 aromatic carbocycles. The molecule has 1 heterocycles. The minimum Gasteiger partial charge on any atom is -0.474 e. The number of aliphatic hydroxyl groups is 1. The number of urea groups is 1. The zero-order valence-electron chi connectivity index (χ0n) is 13.0. The number of benzene rings is 1. The van der Waals surface area contributed by atoms with Crippen molar-refractivity contribution in [3.63, 3.8) is 0 Å². The topological polar surface area (TPSA) is 112 Å². The molecule has 2 rings (SSSR count). The van der Waals surface area contributed by atoms with Crippen LogP contribution >= 0.6 is 0 Å². The highest BCUT2D eigenvalue weighted by Gasteiger charge is 2.19. The summed E-state index contributed by atoms with van der Waals surface area (Å²) < 4.78 is 11.9. The quantitative estimate of drug-likeness (QED) is 0.706. The lowest BCUT2D eigenvalue weighted by molar-refractivity contribution is 0.0311. The van der Waals surface area contributed by atoms with E-state index in [2.05, 4.69) is 10.4 Å². The van der Waals surface area contributed by atoms with Crippen molar-refractivity contribution in [1.29, 1.82) is 0 Å². The van der Waals surface area contributed by atoms with Gasteiger partial charge in [-0.1, -0.05) is 18.2 Å². The van der Waals surface area contributed by atoms with Crippen LogP contribution in [0.4, 0.5) is 10.6 Å². The molecule has 23 heavy (non-hydrogen) atoms. The number of anilines is 1. The fraction of sp³-hybridized carbons (Fsp3) is 0.333. The molecule has 0 spiro atoms. The molecule has 0 aliphatic heterocycles. The molecule has 0 saturated heterocycles. The molecule has 1 aromatic heterocycles. The van der Waals surface area contributed by atoms with Crippen LogP contribution in [0.1, 0.15) is 5.56 Å². The van der Waals surface area contributed by atoms with Crippen LogP contribution in [0.5, 0.6) is 5.88 Å². The molecule has 2 amide bonds. The Hall–Kier alpha value is -2.58. The van der Waals surface area contributed by atoms with Gasteiger partial charge in [0, 0.05) is 7.11 Å². The fourth-order valence-electron chi connectivity index (χ4n) is 2.05. The van der Waals surface area contributed by atoms with Gasteiger partial charge in [0.1, 0.15) is 18.5 Å². The number of carbonyl (C=O) groups is 1. The lowest BCUT2D eigenvalue weighted by atomic mass is 10.3. The van der Waals surface area contributed by atoms with Gasteiger partial charge in [0.15, 0.2) is 0 Å². The van der Waals surface area contributed by atoms with Gasteiger partial charge in [-0.05, 0) is 19.1 Å². The standard InChI is InChI=1S/C15H20N4O4/c1-10-13(17-15(16)21)19(11-6-4-3-5-7-11)18-14(10)23-9-12(20)8-22-2/h3-7,12,20H,8-9H2,1-2H3,(H3,16,17,21)/t12-/m1/s1. The van der Waals surface area contributed by atoms with E-state index in [-0.39, 0.29) is 13.2 Å². The smallest absolute Gasteiger partial charge is 0.317 e. The number of nitrogens with zero attached hydrogens (tertiary/aromatic N) is 2. The third-order valence-corrected chi connectivity index (χ3v) is 3.09. The molecule has 0 aliphatic carbocycles. The highest BCUT2D eigenvalue weighted by atomic mass is 16.5. The Morgan fingerprint density at radius 3 is 2.70 bits per heavy atom. The number of hydrogen-bond acceptors (Lipinski definition) is 5. The summed E-state index contributed by atoms with van der Waals surface area (Å²) in [5.41, 5.74) is 6.57. The number of nitrogens with two attached hydrogens (primary N) is 1. The normalized spacial score (nSPS) is 12.0. The molecule has 0 saturated carbocycles. The zero-order valence-corrected chi connectivity index (χ0v) is 13.0. The van der Waals surface area contributed by atoms with Crippen LogP contribution < -0.4 is 15.8 Å². The van der Waals surface area contributed by atoms with E-state index in [9.17, 15) is 9.90 Å². The summed E-state index contributed by atoms with van der Waals surface area (Å²) in [6.07, 6.45) is -0.770. The van der Waals surface area contributed by atoms with Gasteiger partial charge in [0.25, 0.3) is 0 Å². The van der Waals surface area contributed by atoms with Crippen molar-refractivity contribution >= 4 is 11.8 Å². The first-order valence-electron chi connectivity index (χ1n) is 7.04. The summed E-state index contributed by atoms with van der Waals surface area (Å²) in [5, 5.41) is 16.5. The SMILES string of the molecule is COC[C@@H](O)COc1nn(-c2ccccc2)c(NC(N)=O)c1C. The van der Waals surface area contributed by atoms with Gasteiger partial charge < -0.3 is 20.3 Å². The number of carbonyl (C=O) groups excluding carboxylic acids is 1. The summed E-state index contributed by atoms with van der Waals surface area (Å²) in [7, 11) is 1.49. The molecule has 8 heteroatoms. The Morgan fingerprint density at radius 1 is 1.39 bits per heavy atom. The van der Waals surface area contributed by atoms with Gasteiger partial charge in [0.05, 0.1) is 17.9 Å². The Balaban J connectivity index is 2.30. The molecule has 0 bridgehead atoms. The van der Waals surface area contributed by atoms with E-state index in [1.54, 1.807) is 6.92 Å². The van der Waals surface area contributed by atoms with Gasteiger partial charge in [-0.25, -0.2) is 9.48 Å². The van der Waals surface area contributed by atoms with Crippen molar-refractivity contribution in [3.05, 3.63) is 35.9 Å². The van der Waals surface area contributed by atoms with Crippen molar-refractivity contribution in [2.45, 2.75) is 13.0 Å². The van der Waals surface area contributed by atoms with Crippen LogP contribution in [-0.2, 0) is 4.74 Å². The van der Waals surface area contributed by atoms with Crippen molar-refractivity contribution in [2.24, 2.45) is 5.73 Å². The summed E-state index contributed by atoms with van der Waals surface area (Å²) in [6, 6.07) is 8.55. The van der Waals surface area contributed by atoms with Gasteiger partial charge in [-0.2, -0.15) is 0 Å². The van der Waals surface area contributed by atoms with E-state index in [0.29, 0.717) is 17.3 Å². The summed E-state index contributed by atoms with van der Waals surface area (Å²) >= 11 is 0. The molecule has 2 aromatic rings. The van der Waals surface area contributed by atoms with Crippen LogP contribution in [0.25, 0.3) is 5.69 Å². The second-order valence-corrected chi connectivity index (χ2v) is 4.94. The van der Waals surface area contributed by atoms with E-state index >= 15 is 0 Å². The van der Waals surface area contributed by atoms with Crippen LogP contribution in [0.3, 0.4) is 0 Å². The van der Waals surface area contributed by atoms with Crippen molar-refractivity contribution in [3.8, 4) is 11.6 Å². The third-order valence-electron chi connectivity index (χ3n) is 3.09. The molecular formula is C15H20N4O4. The minimum atomic E-state index is -0.770. The average Bonchev–Trinajstić information content (AvgIpc) is 2.83. The molecule has 124 valence electrons. The second kappa shape index (κ2) is 7.61. The maximum absolute atomic E-state index is 11.2. The number of aliphatic hydroxyl groups excluding tert-OH is 1. The fourth-order valence-corrected chi connectivity index (χ4v) is 2.05. The predicted octanol–water partition coefficient (Wildman–Crippen LogP) is 1.06. The maximum atomic E-state index is 11.2. The number of nitrogens with one attached hydrogen (secondary N) is 1. The van der Waals surface area contributed by atoms with E-state index in [1.807, 2.05) is 30.3 Å². The molecule has 4 N–H and O–H groups in total. The van der Waals surface area contributed by atoms with Crippen LogP contribution in [0.2, 0.25) is 0 Å². The Labute approximate surface area is 133 Å². The van der Waals surface area contributed by atoms with E-state index < -0.39 is 12.1 Å². The monoisotopic (exact) mass is 320 g/mol. The average molecular weight is 320 g/mol. The molecular weight excluding hydrogens is 300 g/mol. The zero-order chi connectivity index (χ0) is 16.8.